The van der Waals surface area contributed by atoms with E-state index in [2.05, 4.69) is 46.3 Å². The number of nitrogens with one attached hydrogen (secondary N) is 2. The lowest BCUT2D eigenvalue weighted by Gasteiger charge is -2.16. The van der Waals surface area contributed by atoms with Crippen LogP contribution in [0.4, 0.5) is 17.6 Å². The van der Waals surface area contributed by atoms with Crippen molar-refractivity contribution < 1.29 is 9.90 Å². The average Bonchev–Trinajstić information content (AvgIpc) is 3.36. The molecule has 0 atom stereocenters. The smallest absolute Gasteiger partial charge is 0.290 e. The maximum absolute atomic E-state index is 8.36. The number of hydrogen-bond donors (Lipinski definition) is 3. The molecule has 144 valence electrons. The molecule has 0 unspecified atom stereocenters. The molecule has 0 saturated carbocycles. The summed E-state index contributed by atoms with van der Waals surface area (Å²) in [6.07, 6.45) is 4.35. The van der Waals surface area contributed by atoms with Gasteiger partial charge in [-0.15, -0.1) is 5.10 Å². The van der Waals surface area contributed by atoms with E-state index in [9.17, 15) is 0 Å². The Hall–Kier alpha value is -3.10. The third-order valence-corrected chi connectivity index (χ3v) is 4.40. The number of aromatic nitrogens is 5. The van der Waals surface area contributed by atoms with E-state index in [-0.39, 0.29) is 11.9 Å². The van der Waals surface area contributed by atoms with Gasteiger partial charge in [-0.3, -0.25) is 9.89 Å². The largest absolute Gasteiger partial charge is 0.483 e. The summed E-state index contributed by atoms with van der Waals surface area (Å²) < 4.78 is 1.88. The zero-order valence-electron chi connectivity index (χ0n) is 15.8. The number of carbonyl (C=O) groups is 1. The minimum Gasteiger partial charge on any atom is -0.483 e. The molecule has 1 fully saturated rings. The van der Waals surface area contributed by atoms with Crippen LogP contribution in [0, 0.1) is 0 Å². The van der Waals surface area contributed by atoms with Gasteiger partial charge in [0.1, 0.15) is 5.52 Å². The molecule has 27 heavy (non-hydrogen) atoms. The Bertz CT molecular complexity index is 904. The van der Waals surface area contributed by atoms with Crippen molar-refractivity contribution >= 4 is 29.6 Å². The highest BCUT2D eigenvalue weighted by molar-refractivity contribution is 5.73. The van der Waals surface area contributed by atoms with Crippen LogP contribution >= 0.6 is 0 Å². The number of H-pyrrole nitrogens is 1. The summed E-state index contributed by atoms with van der Waals surface area (Å²) in [5.41, 5.74) is 2.06. The lowest BCUT2D eigenvalue weighted by Crippen LogP contribution is -2.22. The second-order valence-electron chi connectivity index (χ2n) is 7.44. The molecule has 4 heterocycles. The fourth-order valence-corrected chi connectivity index (χ4v) is 2.96. The van der Waals surface area contributed by atoms with Crippen molar-refractivity contribution in [2.45, 2.75) is 39.0 Å². The van der Waals surface area contributed by atoms with Gasteiger partial charge in [-0.25, -0.2) is 4.52 Å². The zero-order valence-corrected chi connectivity index (χ0v) is 15.8. The third-order valence-electron chi connectivity index (χ3n) is 4.40. The lowest BCUT2D eigenvalue weighted by molar-refractivity contribution is -0.122. The molecule has 9 heteroatoms. The van der Waals surface area contributed by atoms with Crippen molar-refractivity contribution in [3.8, 4) is 0 Å². The van der Waals surface area contributed by atoms with Gasteiger partial charge in [0, 0.05) is 36.5 Å². The van der Waals surface area contributed by atoms with Crippen LogP contribution in [-0.2, 0) is 10.2 Å². The fraction of sp³-hybridized carbons (Fsp3) is 0.444. The van der Waals surface area contributed by atoms with E-state index in [0.29, 0.717) is 0 Å². The van der Waals surface area contributed by atoms with Crippen LogP contribution in [-0.4, -0.2) is 49.5 Å². The van der Waals surface area contributed by atoms with E-state index < -0.39 is 0 Å². The Morgan fingerprint density at radius 1 is 1.30 bits per heavy atom. The van der Waals surface area contributed by atoms with Gasteiger partial charge >= 0.3 is 0 Å². The average molecular weight is 371 g/mol. The summed E-state index contributed by atoms with van der Waals surface area (Å²) in [5, 5.41) is 22.3. The number of hydrogen-bond acceptors (Lipinski definition) is 6. The fourth-order valence-electron chi connectivity index (χ4n) is 2.96. The quantitative estimate of drug-likeness (QED) is 0.607. The van der Waals surface area contributed by atoms with Crippen molar-refractivity contribution in [1.29, 1.82) is 0 Å². The van der Waals surface area contributed by atoms with Crippen LogP contribution in [0.2, 0.25) is 0 Å². The maximum atomic E-state index is 8.36. The number of anilines is 3. The van der Waals surface area contributed by atoms with Crippen LogP contribution in [0.1, 0.15) is 39.3 Å². The molecule has 0 aromatic carbocycles. The zero-order chi connectivity index (χ0) is 19.4. The molecule has 3 N–H and O–H groups in total. The van der Waals surface area contributed by atoms with E-state index in [1.165, 1.54) is 12.8 Å². The normalized spacial score (nSPS) is 14.1. The molecule has 1 aliphatic rings. The number of fused-ring (bicyclic) bond motifs is 1. The molecule has 0 spiro atoms. The van der Waals surface area contributed by atoms with Gasteiger partial charge in [0.15, 0.2) is 11.6 Å². The number of carboxylic acid groups (broad SMARTS) is 1. The molecule has 9 nitrogen and oxygen atoms in total. The first-order chi connectivity index (χ1) is 12.9. The van der Waals surface area contributed by atoms with Crippen molar-refractivity contribution in [2.24, 2.45) is 0 Å². The summed E-state index contributed by atoms with van der Waals surface area (Å²) >= 11 is 0. The Balaban J connectivity index is 0.000000659. The summed E-state index contributed by atoms with van der Waals surface area (Å²) in [6.45, 7) is 8.26. The van der Waals surface area contributed by atoms with Gasteiger partial charge in [-0.1, -0.05) is 20.8 Å². The van der Waals surface area contributed by atoms with Gasteiger partial charge in [0.05, 0.1) is 0 Å². The predicted molar refractivity (Wildman–Crippen MR) is 104 cm³/mol. The first-order valence-electron chi connectivity index (χ1n) is 8.93. The second kappa shape index (κ2) is 7.65. The van der Waals surface area contributed by atoms with Crippen molar-refractivity contribution in [3.63, 3.8) is 0 Å². The Morgan fingerprint density at radius 2 is 2.00 bits per heavy atom. The Labute approximate surface area is 157 Å². The van der Waals surface area contributed by atoms with Crippen molar-refractivity contribution in [1.82, 2.24) is 24.8 Å². The molecule has 0 bridgehead atoms. The summed E-state index contributed by atoms with van der Waals surface area (Å²) in [7, 11) is 0. The first kappa shape index (κ1) is 18.7. The number of aromatic amines is 1. The van der Waals surface area contributed by atoms with E-state index in [1.54, 1.807) is 0 Å². The third kappa shape index (κ3) is 4.18. The second-order valence-corrected chi connectivity index (χ2v) is 7.44. The SMILES string of the molecule is CC(C)(C)c1cc(Nc2nc(N3CCCC3)nn3cccc23)n[nH]1.O=CO. The van der Waals surface area contributed by atoms with Gasteiger partial charge in [-0.05, 0) is 25.0 Å². The van der Waals surface area contributed by atoms with Gasteiger partial charge in [0.25, 0.3) is 6.47 Å². The minimum absolute atomic E-state index is 0.0314. The summed E-state index contributed by atoms with van der Waals surface area (Å²) in [4.78, 5) is 15.3. The van der Waals surface area contributed by atoms with E-state index in [4.69, 9.17) is 14.9 Å². The molecule has 1 aliphatic heterocycles. The lowest BCUT2D eigenvalue weighted by atomic mass is 9.92. The molecule has 3 aromatic heterocycles. The predicted octanol–water partition coefficient (Wildman–Crippen LogP) is 2.79. The highest BCUT2D eigenvalue weighted by Gasteiger charge is 2.19. The highest BCUT2D eigenvalue weighted by Crippen LogP contribution is 2.26. The van der Waals surface area contributed by atoms with E-state index in [1.807, 2.05) is 28.9 Å². The number of rotatable bonds is 3. The highest BCUT2D eigenvalue weighted by atomic mass is 16.3. The monoisotopic (exact) mass is 371 g/mol. The van der Waals surface area contributed by atoms with Crippen molar-refractivity contribution in [2.75, 3.05) is 23.3 Å². The van der Waals surface area contributed by atoms with Crippen molar-refractivity contribution in [3.05, 3.63) is 30.1 Å². The van der Waals surface area contributed by atoms with E-state index in [0.717, 1.165) is 41.9 Å². The minimum atomic E-state index is -0.250. The maximum Gasteiger partial charge on any atom is 0.290 e. The van der Waals surface area contributed by atoms with E-state index >= 15 is 0 Å². The van der Waals surface area contributed by atoms with Crippen LogP contribution in [0.15, 0.2) is 24.4 Å². The molecular formula is C18H25N7O2. The Morgan fingerprint density at radius 3 is 2.63 bits per heavy atom. The van der Waals surface area contributed by atoms with Gasteiger partial charge < -0.3 is 15.3 Å². The Kier molecular flexibility index (Phi) is 5.29. The van der Waals surface area contributed by atoms with Crippen LogP contribution in [0.25, 0.3) is 5.52 Å². The van der Waals surface area contributed by atoms with Crippen LogP contribution in [0.3, 0.4) is 0 Å². The molecule has 0 amide bonds. The molecule has 4 rings (SSSR count). The molecule has 0 aliphatic carbocycles. The standard InChI is InChI=1S/C17H23N7.CH2O2/c1-17(2,3)13-11-14(21-20-13)18-15-12-7-6-10-24(12)22-16(19-15)23-8-4-5-9-23;2-1-3/h6-7,10-11H,4-5,8-9H2,1-3H3,(H2,18,19,20,21,22);1H,(H,2,3). The summed E-state index contributed by atoms with van der Waals surface area (Å²) in [5.74, 6) is 2.32. The van der Waals surface area contributed by atoms with Crippen LogP contribution < -0.4 is 10.2 Å². The van der Waals surface area contributed by atoms with Crippen LogP contribution in [0.5, 0.6) is 0 Å². The summed E-state index contributed by atoms with van der Waals surface area (Å²) in [6, 6.07) is 6.03. The van der Waals surface area contributed by atoms with Gasteiger partial charge in [0.2, 0.25) is 5.95 Å². The first-order valence-corrected chi connectivity index (χ1v) is 8.93. The number of nitrogens with zero attached hydrogens (tertiary/aromatic N) is 5. The molecular weight excluding hydrogens is 346 g/mol. The molecule has 3 aromatic rings. The molecule has 0 radical (unpaired) electrons. The topological polar surface area (TPSA) is 111 Å². The molecule has 1 saturated heterocycles. The van der Waals surface area contributed by atoms with Gasteiger partial charge in [-0.2, -0.15) is 10.1 Å².